The van der Waals surface area contributed by atoms with Gasteiger partial charge in [0.2, 0.25) is 0 Å². The Labute approximate surface area is 139 Å². The summed E-state index contributed by atoms with van der Waals surface area (Å²) in [7, 11) is 1.69. The van der Waals surface area contributed by atoms with Crippen molar-refractivity contribution in [1.82, 2.24) is 4.98 Å². The minimum atomic E-state index is 0.0318. The largest absolute Gasteiger partial charge is 0.497 e. The Kier molecular flexibility index (Phi) is 4.79. The van der Waals surface area contributed by atoms with E-state index in [4.69, 9.17) is 4.74 Å². The zero-order chi connectivity index (χ0) is 15.5. The molecule has 0 aliphatic heterocycles. The summed E-state index contributed by atoms with van der Waals surface area (Å²) in [6.07, 6.45) is 4.29. The predicted octanol–water partition coefficient (Wildman–Crippen LogP) is 3.69. The fourth-order valence-corrected chi connectivity index (χ4v) is 3.60. The summed E-state index contributed by atoms with van der Waals surface area (Å²) in [6.45, 7) is 0.0318. The molecule has 1 heterocycles. The van der Waals surface area contributed by atoms with Gasteiger partial charge in [-0.1, -0.05) is 12.1 Å². The average Bonchev–Trinajstić information content (AvgIpc) is 2.55. The number of ether oxygens (including phenoxy) is 1. The van der Waals surface area contributed by atoms with Crippen molar-refractivity contribution in [3.8, 4) is 5.75 Å². The van der Waals surface area contributed by atoms with Gasteiger partial charge >= 0.3 is 0 Å². The van der Waals surface area contributed by atoms with Crippen LogP contribution in [0.3, 0.4) is 0 Å². The third kappa shape index (κ3) is 3.33. The van der Waals surface area contributed by atoms with Crippen LogP contribution in [-0.4, -0.2) is 17.2 Å². The lowest BCUT2D eigenvalue weighted by molar-refractivity contribution is 0.280. The van der Waals surface area contributed by atoms with Crippen LogP contribution in [-0.2, 0) is 25.9 Å². The third-order valence-electron chi connectivity index (χ3n) is 4.37. The maximum atomic E-state index is 9.39. The van der Waals surface area contributed by atoms with Crippen LogP contribution >= 0.6 is 15.9 Å². The molecular formula is C18H20BrNO2. The first kappa shape index (κ1) is 15.5. The zero-order valence-electron chi connectivity index (χ0n) is 12.7. The lowest BCUT2D eigenvalue weighted by Crippen LogP contribution is -2.18. The molecule has 0 bridgehead atoms. The maximum absolute atomic E-state index is 9.39. The van der Waals surface area contributed by atoms with E-state index in [0.717, 1.165) is 41.6 Å². The van der Waals surface area contributed by atoms with Gasteiger partial charge in [0.1, 0.15) is 10.4 Å². The van der Waals surface area contributed by atoms with Crippen molar-refractivity contribution in [3.63, 3.8) is 0 Å². The van der Waals surface area contributed by atoms with E-state index in [1.807, 2.05) is 12.1 Å². The van der Waals surface area contributed by atoms with E-state index in [1.165, 1.54) is 16.8 Å². The number of hydrogen-bond donors (Lipinski definition) is 1. The number of aliphatic hydroxyl groups excluding tert-OH is 1. The molecule has 3 rings (SSSR count). The van der Waals surface area contributed by atoms with Crippen molar-refractivity contribution in [2.45, 2.75) is 32.3 Å². The first-order valence-electron chi connectivity index (χ1n) is 7.60. The van der Waals surface area contributed by atoms with E-state index >= 15 is 0 Å². The van der Waals surface area contributed by atoms with Crippen LogP contribution in [0.4, 0.5) is 0 Å². The molecule has 22 heavy (non-hydrogen) atoms. The number of nitrogens with zero attached hydrogens (tertiary/aromatic N) is 1. The molecule has 0 spiro atoms. The standard InChI is InChI=1S/C18H20BrNO2/c1-22-16-5-2-12(3-6-16)8-13-4-7-17-14(9-13)10-15(11-21)18(19)20-17/h2-3,5-6,10,13,21H,4,7-9,11H2,1H3. The average molecular weight is 362 g/mol. The molecule has 1 atom stereocenters. The monoisotopic (exact) mass is 361 g/mol. The Bertz CT molecular complexity index is 655. The van der Waals surface area contributed by atoms with Gasteiger partial charge in [-0.2, -0.15) is 0 Å². The number of aliphatic hydroxyl groups is 1. The maximum Gasteiger partial charge on any atom is 0.118 e. The van der Waals surface area contributed by atoms with E-state index in [-0.39, 0.29) is 6.61 Å². The molecule has 4 heteroatoms. The SMILES string of the molecule is COc1ccc(CC2CCc3nc(Br)c(CO)cc3C2)cc1. The summed E-state index contributed by atoms with van der Waals surface area (Å²) in [5.74, 6) is 1.54. The van der Waals surface area contributed by atoms with Gasteiger partial charge in [0.25, 0.3) is 0 Å². The number of aromatic nitrogens is 1. The number of rotatable bonds is 4. The van der Waals surface area contributed by atoms with Gasteiger partial charge in [-0.25, -0.2) is 4.98 Å². The van der Waals surface area contributed by atoms with Crippen molar-refractivity contribution in [3.05, 3.63) is 57.3 Å². The molecule has 0 saturated heterocycles. The van der Waals surface area contributed by atoms with E-state index < -0.39 is 0 Å². The van der Waals surface area contributed by atoms with Crippen LogP contribution < -0.4 is 4.74 Å². The molecule has 0 saturated carbocycles. The number of methoxy groups -OCH3 is 1. The van der Waals surface area contributed by atoms with Gasteiger partial charge in [0.15, 0.2) is 0 Å². The summed E-state index contributed by atoms with van der Waals surface area (Å²) in [5, 5.41) is 9.39. The quantitative estimate of drug-likeness (QED) is 0.844. The van der Waals surface area contributed by atoms with Crippen LogP contribution in [0.5, 0.6) is 5.75 Å². The molecule has 1 aromatic heterocycles. The number of aryl methyl sites for hydroxylation is 1. The highest BCUT2D eigenvalue weighted by Gasteiger charge is 2.21. The van der Waals surface area contributed by atoms with Gasteiger partial charge in [0, 0.05) is 11.3 Å². The van der Waals surface area contributed by atoms with Gasteiger partial charge in [-0.15, -0.1) is 0 Å². The van der Waals surface area contributed by atoms with Gasteiger partial charge < -0.3 is 9.84 Å². The molecule has 0 radical (unpaired) electrons. The molecule has 2 aromatic rings. The predicted molar refractivity (Wildman–Crippen MR) is 90.1 cm³/mol. The smallest absolute Gasteiger partial charge is 0.118 e. The second-order valence-electron chi connectivity index (χ2n) is 5.86. The normalized spacial score (nSPS) is 17.1. The molecule has 1 N–H and O–H groups in total. The van der Waals surface area contributed by atoms with Crippen LogP contribution in [0.15, 0.2) is 34.9 Å². The first-order valence-corrected chi connectivity index (χ1v) is 8.40. The summed E-state index contributed by atoms with van der Waals surface area (Å²) in [6, 6.07) is 10.4. The number of halogens is 1. The fourth-order valence-electron chi connectivity index (χ4n) is 3.14. The van der Waals surface area contributed by atoms with Crippen molar-refractivity contribution >= 4 is 15.9 Å². The summed E-state index contributed by atoms with van der Waals surface area (Å²) >= 11 is 3.44. The van der Waals surface area contributed by atoms with Crippen LogP contribution in [0.25, 0.3) is 0 Å². The molecular weight excluding hydrogens is 342 g/mol. The van der Waals surface area contributed by atoms with Crippen molar-refractivity contribution in [2.24, 2.45) is 5.92 Å². The van der Waals surface area contributed by atoms with Crippen molar-refractivity contribution in [2.75, 3.05) is 7.11 Å². The van der Waals surface area contributed by atoms with Crippen LogP contribution in [0.2, 0.25) is 0 Å². The highest BCUT2D eigenvalue weighted by atomic mass is 79.9. The summed E-state index contributed by atoms with van der Waals surface area (Å²) in [5.41, 5.74) is 4.69. The lowest BCUT2D eigenvalue weighted by atomic mass is 9.82. The fraction of sp³-hybridized carbons (Fsp3) is 0.389. The number of fused-ring (bicyclic) bond motifs is 1. The topological polar surface area (TPSA) is 42.4 Å². The Morgan fingerprint density at radius 2 is 2.09 bits per heavy atom. The van der Waals surface area contributed by atoms with E-state index in [2.05, 4.69) is 39.1 Å². The highest BCUT2D eigenvalue weighted by molar-refractivity contribution is 9.10. The summed E-state index contributed by atoms with van der Waals surface area (Å²) in [4.78, 5) is 4.59. The highest BCUT2D eigenvalue weighted by Crippen LogP contribution is 2.30. The Morgan fingerprint density at radius 1 is 1.32 bits per heavy atom. The second-order valence-corrected chi connectivity index (χ2v) is 6.61. The van der Waals surface area contributed by atoms with E-state index in [0.29, 0.717) is 5.92 Å². The van der Waals surface area contributed by atoms with Crippen molar-refractivity contribution < 1.29 is 9.84 Å². The molecule has 1 aliphatic carbocycles. The molecule has 0 fully saturated rings. The van der Waals surface area contributed by atoms with E-state index in [9.17, 15) is 5.11 Å². The van der Waals surface area contributed by atoms with Crippen LogP contribution in [0, 0.1) is 5.92 Å². The Hall–Kier alpha value is -1.39. The van der Waals surface area contributed by atoms with Gasteiger partial charge in [-0.05, 0) is 76.9 Å². The van der Waals surface area contributed by atoms with Gasteiger partial charge in [0.05, 0.1) is 13.7 Å². The number of pyridine rings is 1. The molecule has 3 nitrogen and oxygen atoms in total. The molecule has 1 aromatic carbocycles. The Morgan fingerprint density at radius 3 is 2.77 bits per heavy atom. The first-order chi connectivity index (χ1) is 10.7. The number of hydrogen-bond acceptors (Lipinski definition) is 3. The molecule has 0 amide bonds. The van der Waals surface area contributed by atoms with Gasteiger partial charge in [-0.3, -0.25) is 0 Å². The Balaban J connectivity index is 1.73. The number of benzene rings is 1. The lowest BCUT2D eigenvalue weighted by Gasteiger charge is -2.25. The molecule has 1 unspecified atom stereocenters. The zero-order valence-corrected chi connectivity index (χ0v) is 14.3. The van der Waals surface area contributed by atoms with E-state index in [1.54, 1.807) is 7.11 Å². The van der Waals surface area contributed by atoms with Crippen molar-refractivity contribution in [1.29, 1.82) is 0 Å². The second kappa shape index (κ2) is 6.80. The third-order valence-corrected chi connectivity index (χ3v) is 5.06. The minimum absolute atomic E-state index is 0.0318. The summed E-state index contributed by atoms with van der Waals surface area (Å²) < 4.78 is 5.99. The minimum Gasteiger partial charge on any atom is -0.497 e. The van der Waals surface area contributed by atoms with Crippen LogP contribution in [0.1, 0.15) is 28.8 Å². The molecule has 116 valence electrons. The molecule has 1 aliphatic rings.